The first-order chi connectivity index (χ1) is 9.63. The van der Waals surface area contributed by atoms with Crippen molar-refractivity contribution in [3.05, 3.63) is 50.4 Å². The Balaban J connectivity index is 2.21. The van der Waals surface area contributed by atoms with Crippen LogP contribution in [0.4, 0.5) is 0 Å². The molecule has 0 bridgehead atoms. The number of nitrogens with one attached hydrogen (secondary N) is 1. The van der Waals surface area contributed by atoms with Crippen LogP contribution in [-0.4, -0.2) is 24.1 Å². The first-order valence-electron chi connectivity index (χ1n) is 6.11. The molecule has 1 N–H and O–H groups in total. The lowest BCUT2D eigenvalue weighted by Gasteiger charge is -2.17. The van der Waals surface area contributed by atoms with Crippen LogP contribution in [0.5, 0.6) is 5.88 Å². The van der Waals surface area contributed by atoms with Crippen molar-refractivity contribution in [1.29, 1.82) is 0 Å². The standard InChI is InChI=1S/C14H15ClIN3O/c1-17-13(9-3-4-12(16)11(15)5-9)6-10-7-14(20-2)19-8-18-10/h3-5,7-8,13,17H,6H2,1-2H3. The zero-order chi connectivity index (χ0) is 14.5. The molecule has 1 aromatic carbocycles. The lowest BCUT2D eigenvalue weighted by molar-refractivity contribution is 0.395. The molecule has 1 heterocycles. The van der Waals surface area contributed by atoms with E-state index in [1.165, 1.54) is 6.33 Å². The maximum Gasteiger partial charge on any atom is 0.216 e. The van der Waals surface area contributed by atoms with Crippen molar-refractivity contribution in [1.82, 2.24) is 15.3 Å². The summed E-state index contributed by atoms with van der Waals surface area (Å²) in [4.78, 5) is 8.29. The Morgan fingerprint density at radius 2 is 2.15 bits per heavy atom. The summed E-state index contributed by atoms with van der Waals surface area (Å²) in [5.41, 5.74) is 2.06. The minimum atomic E-state index is 0.143. The van der Waals surface area contributed by atoms with Gasteiger partial charge in [0.2, 0.25) is 5.88 Å². The second kappa shape index (κ2) is 7.19. The second-order valence-electron chi connectivity index (χ2n) is 4.27. The highest BCUT2D eigenvalue weighted by molar-refractivity contribution is 14.1. The third-order valence-electron chi connectivity index (χ3n) is 3.02. The molecule has 0 aliphatic rings. The maximum atomic E-state index is 6.18. The highest BCUT2D eigenvalue weighted by atomic mass is 127. The van der Waals surface area contributed by atoms with Gasteiger partial charge in [-0.2, -0.15) is 0 Å². The topological polar surface area (TPSA) is 47.0 Å². The molecule has 0 aliphatic carbocycles. The Bertz CT molecular complexity index is 594. The summed E-state index contributed by atoms with van der Waals surface area (Å²) < 4.78 is 6.16. The number of aromatic nitrogens is 2. The van der Waals surface area contributed by atoms with E-state index in [2.05, 4.69) is 43.9 Å². The summed E-state index contributed by atoms with van der Waals surface area (Å²) in [5.74, 6) is 0.575. The van der Waals surface area contributed by atoms with Crippen LogP contribution in [0.3, 0.4) is 0 Å². The molecule has 6 heteroatoms. The molecule has 0 fully saturated rings. The van der Waals surface area contributed by atoms with E-state index in [1.54, 1.807) is 7.11 Å². The van der Waals surface area contributed by atoms with Crippen molar-refractivity contribution in [2.75, 3.05) is 14.2 Å². The van der Waals surface area contributed by atoms with Crippen molar-refractivity contribution in [2.45, 2.75) is 12.5 Å². The van der Waals surface area contributed by atoms with Crippen molar-refractivity contribution >= 4 is 34.2 Å². The lowest BCUT2D eigenvalue weighted by Crippen LogP contribution is -2.19. The molecule has 0 aliphatic heterocycles. The normalized spacial score (nSPS) is 12.2. The number of methoxy groups -OCH3 is 1. The molecular formula is C14H15ClIN3O. The van der Waals surface area contributed by atoms with Gasteiger partial charge in [0.15, 0.2) is 0 Å². The quantitative estimate of drug-likeness (QED) is 0.779. The molecule has 0 saturated heterocycles. The molecule has 106 valence electrons. The third kappa shape index (κ3) is 3.80. The van der Waals surface area contributed by atoms with Gasteiger partial charge in [-0.25, -0.2) is 9.97 Å². The summed E-state index contributed by atoms with van der Waals surface area (Å²) in [6.07, 6.45) is 2.26. The molecule has 1 aromatic heterocycles. The van der Waals surface area contributed by atoms with E-state index >= 15 is 0 Å². The average molecular weight is 404 g/mol. The average Bonchev–Trinajstić information content (AvgIpc) is 2.48. The molecule has 1 atom stereocenters. The van der Waals surface area contributed by atoms with Crippen LogP contribution in [0.15, 0.2) is 30.6 Å². The number of ether oxygens (including phenoxy) is 1. The maximum absolute atomic E-state index is 6.18. The summed E-state index contributed by atoms with van der Waals surface area (Å²) in [5, 5.41) is 4.06. The van der Waals surface area contributed by atoms with E-state index in [4.69, 9.17) is 16.3 Å². The molecule has 0 spiro atoms. The highest BCUT2D eigenvalue weighted by Gasteiger charge is 2.13. The molecular weight excluding hydrogens is 389 g/mol. The van der Waals surface area contributed by atoms with E-state index < -0.39 is 0 Å². The lowest BCUT2D eigenvalue weighted by atomic mass is 10.0. The Morgan fingerprint density at radius 1 is 1.35 bits per heavy atom. The van der Waals surface area contributed by atoms with Crippen LogP contribution < -0.4 is 10.1 Å². The smallest absolute Gasteiger partial charge is 0.216 e. The van der Waals surface area contributed by atoms with Crippen LogP contribution in [0.25, 0.3) is 0 Å². The molecule has 0 saturated carbocycles. The molecule has 0 amide bonds. The monoisotopic (exact) mass is 403 g/mol. The van der Waals surface area contributed by atoms with E-state index in [9.17, 15) is 0 Å². The highest BCUT2D eigenvalue weighted by Crippen LogP contribution is 2.25. The fraction of sp³-hybridized carbons (Fsp3) is 0.286. The summed E-state index contributed by atoms with van der Waals surface area (Å²) in [6.45, 7) is 0. The summed E-state index contributed by atoms with van der Waals surface area (Å²) in [7, 11) is 3.52. The van der Waals surface area contributed by atoms with Crippen molar-refractivity contribution < 1.29 is 4.74 Å². The Labute approximate surface area is 137 Å². The number of likely N-dealkylation sites (N-methyl/N-ethyl adjacent to an activating group) is 1. The van der Waals surface area contributed by atoms with E-state index in [0.29, 0.717) is 5.88 Å². The van der Waals surface area contributed by atoms with E-state index in [0.717, 1.165) is 26.3 Å². The Hall–Kier alpha value is -0.920. The van der Waals surface area contributed by atoms with Gasteiger partial charge in [0.05, 0.1) is 12.1 Å². The number of benzene rings is 1. The fourth-order valence-corrected chi connectivity index (χ4v) is 2.45. The zero-order valence-electron chi connectivity index (χ0n) is 11.2. The van der Waals surface area contributed by atoms with Crippen molar-refractivity contribution in [3.63, 3.8) is 0 Å². The molecule has 1 unspecified atom stereocenters. The number of nitrogens with zero attached hydrogens (tertiary/aromatic N) is 2. The van der Waals surface area contributed by atoms with Gasteiger partial charge in [-0.05, 0) is 47.3 Å². The Kier molecular flexibility index (Phi) is 5.56. The van der Waals surface area contributed by atoms with E-state index in [-0.39, 0.29) is 6.04 Å². The molecule has 0 radical (unpaired) electrons. The number of hydrogen-bond acceptors (Lipinski definition) is 4. The number of hydrogen-bond donors (Lipinski definition) is 1. The van der Waals surface area contributed by atoms with Gasteiger partial charge in [0.1, 0.15) is 6.33 Å². The predicted octanol–water partition coefficient (Wildman–Crippen LogP) is 3.25. The van der Waals surface area contributed by atoms with Crippen LogP contribution in [0.2, 0.25) is 5.02 Å². The minimum Gasteiger partial charge on any atom is -0.481 e. The van der Waals surface area contributed by atoms with Gasteiger partial charge in [-0.15, -0.1) is 0 Å². The predicted molar refractivity (Wildman–Crippen MR) is 88.3 cm³/mol. The molecule has 2 rings (SSSR count). The molecule has 2 aromatic rings. The van der Waals surface area contributed by atoms with Gasteiger partial charge in [0.25, 0.3) is 0 Å². The van der Waals surface area contributed by atoms with Gasteiger partial charge in [0, 0.05) is 27.8 Å². The van der Waals surface area contributed by atoms with E-state index in [1.807, 2.05) is 25.2 Å². The second-order valence-corrected chi connectivity index (χ2v) is 5.84. The largest absolute Gasteiger partial charge is 0.481 e. The SMILES string of the molecule is CNC(Cc1cc(OC)ncn1)c1ccc(I)c(Cl)c1. The molecule has 20 heavy (non-hydrogen) atoms. The fourth-order valence-electron chi connectivity index (χ4n) is 1.93. The van der Waals surface area contributed by atoms with Crippen LogP contribution >= 0.6 is 34.2 Å². The Morgan fingerprint density at radius 3 is 2.80 bits per heavy atom. The zero-order valence-corrected chi connectivity index (χ0v) is 14.1. The van der Waals surface area contributed by atoms with Crippen molar-refractivity contribution in [2.24, 2.45) is 0 Å². The van der Waals surface area contributed by atoms with Gasteiger partial charge >= 0.3 is 0 Å². The minimum absolute atomic E-state index is 0.143. The summed E-state index contributed by atoms with van der Waals surface area (Å²) >= 11 is 8.40. The first-order valence-corrected chi connectivity index (χ1v) is 7.57. The number of halogens is 2. The summed E-state index contributed by atoms with van der Waals surface area (Å²) in [6, 6.07) is 8.07. The molecule has 4 nitrogen and oxygen atoms in total. The van der Waals surface area contributed by atoms with Gasteiger partial charge in [-0.1, -0.05) is 17.7 Å². The van der Waals surface area contributed by atoms with Gasteiger partial charge in [-0.3, -0.25) is 0 Å². The van der Waals surface area contributed by atoms with Gasteiger partial charge < -0.3 is 10.1 Å². The van der Waals surface area contributed by atoms with Crippen LogP contribution in [-0.2, 0) is 6.42 Å². The first kappa shape index (κ1) is 15.5. The van der Waals surface area contributed by atoms with Crippen molar-refractivity contribution in [3.8, 4) is 5.88 Å². The number of rotatable bonds is 5. The van der Waals surface area contributed by atoms with Crippen LogP contribution in [0, 0.1) is 3.57 Å². The van der Waals surface area contributed by atoms with Crippen LogP contribution in [0.1, 0.15) is 17.3 Å². The third-order valence-corrected chi connectivity index (χ3v) is 4.59.